The molecule has 1 atom stereocenters. The van der Waals surface area contributed by atoms with Gasteiger partial charge in [0, 0.05) is 18.1 Å². The first-order valence-corrected chi connectivity index (χ1v) is 11.8. The summed E-state index contributed by atoms with van der Waals surface area (Å²) in [4.78, 5) is 14.3. The minimum atomic E-state index is -0.505. The monoisotopic (exact) mass is 500 g/mol. The van der Waals surface area contributed by atoms with E-state index in [-0.39, 0.29) is 37.7 Å². The molecule has 3 aromatic carbocycles. The van der Waals surface area contributed by atoms with Gasteiger partial charge >= 0.3 is 0 Å². The van der Waals surface area contributed by atoms with Crippen LogP contribution in [0.3, 0.4) is 0 Å². The Balaban J connectivity index is 0.00000152. The number of amides is 1. The van der Waals surface area contributed by atoms with Gasteiger partial charge in [0.2, 0.25) is 12.7 Å². The van der Waals surface area contributed by atoms with Gasteiger partial charge in [-0.3, -0.25) is 9.52 Å². The molecule has 1 aliphatic heterocycles. The molecule has 1 aliphatic carbocycles. The summed E-state index contributed by atoms with van der Waals surface area (Å²) in [6.45, 7) is 2.25. The normalized spacial score (nSPS) is 15.4. The molecule has 2 aliphatic rings. The number of carbonyl (C=O) groups is 1. The van der Waals surface area contributed by atoms with Gasteiger partial charge in [-0.15, -0.1) is 0 Å². The van der Waals surface area contributed by atoms with Crippen molar-refractivity contribution in [3.8, 4) is 22.6 Å². The zero-order chi connectivity index (χ0) is 22.8. The molecule has 1 fully saturated rings. The van der Waals surface area contributed by atoms with E-state index < -0.39 is 5.41 Å². The highest BCUT2D eigenvalue weighted by molar-refractivity contribution is 7.97. The highest BCUT2D eigenvalue weighted by atomic mass is 32.2. The molecule has 7 N–H and O–H groups in total. The van der Waals surface area contributed by atoms with Crippen LogP contribution in [0, 0.1) is 0 Å². The summed E-state index contributed by atoms with van der Waals surface area (Å²) >= 11 is 1.50. The second-order valence-corrected chi connectivity index (χ2v) is 9.42. The van der Waals surface area contributed by atoms with E-state index in [1.165, 1.54) is 11.9 Å². The molecule has 0 radical (unpaired) electrons. The van der Waals surface area contributed by atoms with E-state index >= 15 is 0 Å². The molecule has 0 aromatic heterocycles. The van der Waals surface area contributed by atoms with Gasteiger partial charge in [0.25, 0.3) is 0 Å². The third-order valence-corrected chi connectivity index (χ3v) is 7.10. The molecule has 1 unspecified atom stereocenters. The quantitative estimate of drug-likeness (QED) is 0.405. The molecule has 188 valence electrons. The first kappa shape index (κ1) is 26.5. The van der Waals surface area contributed by atoms with Crippen LogP contribution in [-0.2, 0) is 10.2 Å². The van der Waals surface area contributed by atoms with E-state index in [2.05, 4.69) is 22.2 Å². The minimum absolute atomic E-state index is 0. The Bertz CT molecular complexity index is 1170. The lowest BCUT2D eigenvalue weighted by atomic mass is 9.94. The first-order chi connectivity index (χ1) is 16.1. The Labute approximate surface area is 209 Å². The Hall–Kier alpha value is -3.08. The Kier molecular flexibility index (Phi) is 8.42. The third kappa shape index (κ3) is 5.61. The average Bonchev–Trinajstić information content (AvgIpc) is 3.54. The van der Waals surface area contributed by atoms with Crippen LogP contribution in [0.4, 0.5) is 5.69 Å². The molecule has 9 heteroatoms. The molecule has 1 saturated carbocycles. The Morgan fingerprint density at radius 1 is 1.03 bits per heavy atom. The largest absolute Gasteiger partial charge is 0.454 e. The molecule has 8 nitrogen and oxygen atoms in total. The molecule has 1 heterocycles. The predicted octanol–water partition coefficient (Wildman–Crippen LogP) is 3.33. The van der Waals surface area contributed by atoms with Gasteiger partial charge in [0.05, 0.1) is 12.0 Å². The van der Waals surface area contributed by atoms with Gasteiger partial charge in [0.1, 0.15) is 0 Å². The number of hydrogen-bond donors (Lipinski definition) is 3. The number of benzene rings is 3. The van der Waals surface area contributed by atoms with Gasteiger partial charge < -0.3 is 30.8 Å². The molecule has 5 rings (SSSR count). The number of hydrogen-bond acceptors (Lipinski definition) is 6. The SMILES string of the molecule is CC(CO)NSc1ccc(-c2cccc(NC(=O)C3(c4ccc5c(c4)OCO5)CC3)c2)cc1.O.O.[HH]. The zero-order valence-electron chi connectivity index (χ0n) is 19.3. The van der Waals surface area contributed by atoms with Gasteiger partial charge in [-0.2, -0.15) is 0 Å². The van der Waals surface area contributed by atoms with Crippen molar-refractivity contribution < 1.29 is 31.8 Å². The number of carbonyl (C=O) groups excluding carboxylic acids is 1. The fraction of sp³-hybridized carbons (Fsp3) is 0.269. The number of anilines is 1. The molecule has 0 bridgehead atoms. The summed E-state index contributed by atoms with van der Waals surface area (Å²) in [6.07, 6.45) is 1.64. The molecule has 0 spiro atoms. The van der Waals surface area contributed by atoms with Crippen LogP contribution in [0.1, 0.15) is 26.8 Å². The van der Waals surface area contributed by atoms with Gasteiger partial charge in [-0.05, 0) is 84.8 Å². The fourth-order valence-electron chi connectivity index (χ4n) is 3.91. The number of nitrogens with one attached hydrogen (secondary N) is 2. The van der Waals surface area contributed by atoms with Crippen LogP contribution < -0.4 is 19.5 Å². The standard InChI is InChI=1S/C26H26N2O4S.2H2O.H2/c1-17(15-29)28-33-22-8-5-18(6-9-22)19-3-2-4-21(13-19)27-25(30)26(11-12-26)20-7-10-23-24(14-20)32-16-31-23;;;/h2-10,13-14,17,28-29H,11-12,15-16H2,1H3,(H,27,30);2*1H2;1H. The molecule has 3 aromatic rings. The maximum Gasteiger partial charge on any atom is 0.235 e. The van der Waals surface area contributed by atoms with Crippen molar-refractivity contribution in [3.05, 3.63) is 72.3 Å². The summed E-state index contributed by atoms with van der Waals surface area (Å²) in [5, 5.41) is 12.3. The number of fused-ring (bicyclic) bond motifs is 1. The van der Waals surface area contributed by atoms with Crippen molar-refractivity contribution >= 4 is 23.5 Å². The zero-order valence-corrected chi connectivity index (χ0v) is 20.2. The van der Waals surface area contributed by atoms with E-state index in [4.69, 9.17) is 14.6 Å². The van der Waals surface area contributed by atoms with Gasteiger partial charge in [-0.25, -0.2) is 0 Å². The van der Waals surface area contributed by atoms with Crippen molar-refractivity contribution in [2.75, 3.05) is 18.7 Å². The van der Waals surface area contributed by atoms with Crippen molar-refractivity contribution in [3.63, 3.8) is 0 Å². The van der Waals surface area contributed by atoms with E-state index in [0.717, 1.165) is 45.9 Å². The highest BCUT2D eigenvalue weighted by Crippen LogP contribution is 2.51. The summed E-state index contributed by atoms with van der Waals surface area (Å²) in [5.74, 6) is 1.44. The predicted molar refractivity (Wildman–Crippen MR) is 139 cm³/mol. The lowest BCUT2D eigenvalue weighted by molar-refractivity contribution is -0.118. The molecule has 0 saturated heterocycles. The van der Waals surface area contributed by atoms with Crippen molar-refractivity contribution in [1.82, 2.24) is 4.72 Å². The van der Waals surface area contributed by atoms with E-state index in [0.29, 0.717) is 5.75 Å². The molecule has 35 heavy (non-hydrogen) atoms. The fourth-order valence-corrected chi connectivity index (χ4v) is 4.60. The van der Waals surface area contributed by atoms with Crippen LogP contribution in [0.15, 0.2) is 71.6 Å². The van der Waals surface area contributed by atoms with E-state index in [1.54, 1.807) is 0 Å². The summed E-state index contributed by atoms with van der Waals surface area (Å²) in [6, 6.07) is 21.9. The van der Waals surface area contributed by atoms with Crippen LogP contribution in [-0.4, -0.2) is 41.4 Å². The third-order valence-electron chi connectivity index (χ3n) is 6.07. The average molecular weight is 501 g/mol. The van der Waals surface area contributed by atoms with Crippen LogP contribution in [0.25, 0.3) is 11.1 Å². The second kappa shape index (κ2) is 11.1. The smallest absolute Gasteiger partial charge is 0.235 e. The Morgan fingerprint density at radius 3 is 2.49 bits per heavy atom. The highest BCUT2D eigenvalue weighted by Gasteiger charge is 2.51. The van der Waals surface area contributed by atoms with Gasteiger partial charge in [0.15, 0.2) is 11.5 Å². The molecular formula is C26H32N2O6S. The molecule has 1 amide bonds. The Morgan fingerprint density at radius 2 is 1.77 bits per heavy atom. The summed E-state index contributed by atoms with van der Waals surface area (Å²) in [7, 11) is 0. The maximum absolute atomic E-state index is 13.2. The number of rotatable bonds is 8. The maximum atomic E-state index is 13.2. The number of aliphatic hydroxyl groups excluding tert-OH is 1. The van der Waals surface area contributed by atoms with Crippen molar-refractivity contribution in [1.29, 1.82) is 0 Å². The summed E-state index contributed by atoms with van der Waals surface area (Å²) in [5.41, 5.74) is 3.35. The lowest BCUT2D eigenvalue weighted by Gasteiger charge is -2.17. The number of ether oxygens (including phenoxy) is 2. The van der Waals surface area contributed by atoms with Crippen LogP contribution >= 0.6 is 11.9 Å². The topological polar surface area (TPSA) is 143 Å². The molecular weight excluding hydrogens is 468 g/mol. The van der Waals surface area contributed by atoms with Crippen molar-refractivity contribution in [2.45, 2.75) is 36.1 Å². The minimum Gasteiger partial charge on any atom is -0.454 e. The second-order valence-electron chi connectivity index (χ2n) is 8.51. The van der Waals surface area contributed by atoms with Crippen molar-refractivity contribution in [2.24, 2.45) is 0 Å². The van der Waals surface area contributed by atoms with Crippen LogP contribution in [0.5, 0.6) is 11.5 Å². The van der Waals surface area contributed by atoms with E-state index in [1.807, 2.05) is 61.5 Å². The lowest BCUT2D eigenvalue weighted by Crippen LogP contribution is -2.27. The van der Waals surface area contributed by atoms with E-state index in [9.17, 15) is 4.79 Å². The summed E-state index contributed by atoms with van der Waals surface area (Å²) < 4.78 is 14.1. The van der Waals surface area contributed by atoms with Crippen LogP contribution in [0.2, 0.25) is 0 Å². The first-order valence-electron chi connectivity index (χ1n) is 11.0. The number of aliphatic hydroxyl groups is 1. The van der Waals surface area contributed by atoms with Gasteiger partial charge in [-0.1, -0.05) is 30.3 Å².